The van der Waals surface area contributed by atoms with Crippen LogP contribution >= 0.6 is 55.1 Å². The molecule has 2 aromatic rings. The van der Waals surface area contributed by atoms with Gasteiger partial charge in [-0.3, -0.25) is 0 Å². The zero-order chi connectivity index (χ0) is 17.7. The maximum Gasteiger partial charge on any atom is 0.147 e. The normalized spacial score (nSPS) is 11.2. The third-order valence-electron chi connectivity index (χ3n) is 3.12. The Morgan fingerprint density at radius 3 is 2.42 bits per heavy atom. The number of hydrogen-bond donors (Lipinski definition) is 0. The molecule has 0 unspecified atom stereocenters. The van der Waals surface area contributed by atoms with Gasteiger partial charge in [0.1, 0.15) is 5.75 Å². The van der Waals surface area contributed by atoms with Crippen LogP contribution in [0.25, 0.3) is 11.6 Å². The number of benzene rings is 2. The fourth-order valence-corrected chi connectivity index (χ4v) is 4.01. The first-order valence-electron chi connectivity index (χ1n) is 7.15. The number of hydrogen-bond acceptors (Lipinski definition) is 2. The van der Waals surface area contributed by atoms with Crippen LogP contribution in [0.2, 0.25) is 10.0 Å². The van der Waals surface area contributed by atoms with Gasteiger partial charge in [-0.05, 0) is 74.2 Å². The summed E-state index contributed by atoms with van der Waals surface area (Å²) in [6.45, 7) is 2.68. The van der Waals surface area contributed by atoms with Crippen LogP contribution < -0.4 is 4.74 Å². The molecule has 2 rings (SSSR count). The lowest BCUT2D eigenvalue weighted by atomic mass is 10.0. The van der Waals surface area contributed by atoms with Gasteiger partial charge in [0, 0.05) is 10.6 Å². The Morgan fingerprint density at radius 1 is 1.21 bits per heavy atom. The van der Waals surface area contributed by atoms with E-state index in [2.05, 4.69) is 37.9 Å². The minimum absolute atomic E-state index is 0.441. The molecular weight excluding hydrogens is 477 g/mol. The predicted octanol–water partition coefficient (Wildman–Crippen LogP) is 7.37. The van der Waals surface area contributed by atoms with Crippen molar-refractivity contribution in [1.82, 2.24) is 0 Å². The third kappa shape index (κ3) is 4.77. The van der Waals surface area contributed by atoms with Gasteiger partial charge in [-0.15, -0.1) is 0 Å². The number of halogens is 4. The van der Waals surface area contributed by atoms with E-state index in [1.54, 1.807) is 24.3 Å². The minimum atomic E-state index is 0.441. The summed E-state index contributed by atoms with van der Waals surface area (Å²) in [6.07, 6.45) is 2.70. The first kappa shape index (κ1) is 19.3. The molecule has 0 fully saturated rings. The summed E-state index contributed by atoms with van der Waals surface area (Å²) in [5.41, 5.74) is 1.94. The zero-order valence-corrected chi connectivity index (χ0v) is 17.4. The summed E-state index contributed by atoms with van der Waals surface area (Å²) in [4.78, 5) is 0. The van der Waals surface area contributed by atoms with Crippen LogP contribution in [0.5, 0.6) is 5.75 Å². The van der Waals surface area contributed by atoms with Crippen molar-refractivity contribution in [3.05, 3.63) is 60.4 Å². The van der Waals surface area contributed by atoms with Crippen LogP contribution in [-0.4, -0.2) is 6.61 Å². The SMILES string of the molecule is CCCOc1c(Br)cc(/C=C(\C#N)c2ccc(Cl)cc2Cl)cc1Br. The third-order valence-corrected chi connectivity index (χ3v) is 4.85. The van der Waals surface area contributed by atoms with Crippen LogP contribution in [0, 0.1) is 11.3 Å². The second-order valence-electron chi connectivity index (χ2n) is 4.96. The number of nitriles is 1. The zero-order valence-electron chi connectivity index (χ0n) is 12.7. The summed E-state index contributed by atoms with van der Waals surface area (Å²) in [6, 6.07) is 11.1. The van der Waals surface area contributed by atoms with Gasteiger partial charge in [0.05, 0.1) is 32.2 Å². The van der Waals surface area contributed by atoms with E-state index in [9.17, 15) is 5.26 Å². The van der Waals surface area contributed by atoms with E-state index in [0.29, 0.717) is 27.8 Å². The Bertz CT molecular complexity index is 805. The highest BCUT2D eigenvalue weighted by Crippen LogP contribution is 2.36. The van der Waals surface area contributed by atoms with Gasteiger partial charge in [-0.2, -0.15) is 5.26 Å². The first-order chi connectivity index (χ1) is 11.5. The first-order valence-corrected chi connectivity index (χ1v) is 9.49. The molecule has 24 heavy (non-hydrogen) atoms. The van der Waals surface area contributed by atoms with Crippen molar-refractivity contribution >= 4 is 66.7 Å². The maximum absolute atomic E-state index is 9.49. The van der Waals surface area contributed by atoms with E-state index in [4.69, 9.17) is 27.9 Å². The summed E-state index contributed by atoms with van der Waals surface area (Å²) in [7, 11) is 0. The Kier molecular flexibility index (Phi) is 7.18. The number of allylic oxidation sites excluding steroid dienone is 1. The molecule has 0 atom stereocenters. The number of nitrogens with zero attached hydrogens (tertiary/aromatic N) is 1. The lowest BCUT2D eigenvalue weighted by Crippen LogP contribution is -1.97. The van der Waals surface area contributed by atoms with Gasteiger partial charge in [0.15, 0.2) is 0 Å². The molecule has 0 aliphatic carbocycles. The Morgan fingerprint density at radius 2 is 1.88 bits per heavy atom. The Balaban J connectivity index is 2.43. The largest absolute Gasteiger partial charge is 0.491 e. The smallest absolute Gasteiger partial charge is 0.147 e. The molecule has 0 spiro atoms. The van der Waals surface area contributed by atoms with Gasteiger partial charge >= 0.3 is 0 Å². The number of rotatable bonds is 5. The monoisotopic (exact) mass is 487 g/mol. The van der Waals surface area contributed by atoms with E-state index in [1.165, 1.54) is 0 Å². The highest BCUT2D eigenvalue weighted by Gasteiger charge is 2.11. The fourth-order valence-electron chi connectivity index (χ4n) is 2.05. The molecule has 2 nitrogen and oxygen atoms in total. The molecule has 6 heteroatoms. The van der Waals surface area contributed by atoms with E-state index in [0.717, 1.165) is 26.7 Å². The quantitative estimate of drug-likeness (QED) is 0.324. The van der Waals surface area contributed by atoms with Crippen LogP contribution in [0.1, 0.15) is 24.5 Å². The molecule has 0 radical (unpaired) electrons. The number of ether oxygens (including phenoxy) is 1. The van der Waals surface area contributed by atoms with Crippen molar-refractivity contribution in [3.8, 4) is 11.8 Å². The van der Waals surface area contributed by atoms with Gasteiger partial charge < -0.3 is 4.74 Å². The van der Waals surface area contributed by atoms with Crippen LogP contribution in [0.4, 0.5) is 0 Å². The molecule has 0 aromatic heterocycles. The second kappa shape index (κ2) is 8.92. The molecule has 124 valence electrons. The van der Waals surface area contributed by atoms with Crippen molar-refractivity contribution in [1.29, 1.82) is 5.26 Å². The van der Waals surface area contributed by atoms with Crippen molar-refractivity contribution in [3.63, 3.8) is 0 Å². The molecule has 0 saturated heterocycles. The minimum Gasteiger partial charge on any atom is -0.491 e. The van der Waals surface area contributed by atoms with Crippen molar-refractivity contribution < 1.29 is 4.74 Å². The predicted molar refractivity (Wildman–Crippen MR) is 108 cm³/mol. The van der Waals surface area contributed by atoms with Crippen LogP contribution in [-0.2, 0) is 0 Å². The highest BCUT2D eigenvalue weighted by molar-refractivity contribution is 9.11. The van der Waals surface area contributed by atoms with Crippen molar-refractivity contribution in [2.24, 2.45) is 0 Å². The Hall–Kier alpha value is -0.990. The van der Waals surface area contributed by atoms with Gasteiger partial charge in [-0.25, -0.2) is 0 Å². The summed E-state index contributed by atoms with van der Waals surface area (Å²) >= 11 is 19.1. The van der Waals surface area contributed by atoms with Crippen molar-refractivity contribution in [2.45, 2.75) is 13.3 Å². The highest BCUT2D eigenvalue weighted by atomic mass is 79.9. The molecule has 0 heterocycles. The average molecular weight is 490 g/mol. The Labute approximate surface area is 168 Å². The lowest BCUT2D eigenvalue weighted by molar-refractivity contribution is 0.313. The van der Waals surface area contributed by atoms with Gasteiger partial charge in [-0.1, -0.05) is 36.2 Å². The van der Waals surface area contributed by atoms with E-state index in [-0.39, 0.29) is 0 Å². The van der Waals surface area contributed by atoms with Gasteiger partial charge in [0.2, 0.25) is 0 Å². The fraction of sp³-hybridized carbons (Fsp3) is 0.167. The molecule has 2 aromatic carbocycles. The van der Waals surface area contributed by atoms with E-state index in [1.807, 2.05) is 19.1 Å². The summed E-state index contributed by atoms with van der Waals surface area (Å²) in [5.74, 6) is 0.747. The molecule has 0 saturated carbocycles. The molecule has 0 N–H and O–H groups in total. The van der Waals surface area contributed by atoms with E-state index < -0.39 is 0 Å². The molecule has 0 aliphatic heterocycles. The summed E-state index contributed by atoms with van der Waals surface area (Å²) in [5, 5.41) is 10.5. The van der Waals surface area contributed by atoms with Crippen molar-refractivity contribution in [2.75, 3.05) is 6.61 Å². The van der Waals surface area contributed by atoms with E-state index >= 15 is 0 Å². The second-order valence-corrected chi connectivity index (χ2v) is 7.51. The maximum atomic E-state index is 9.49. The van der Waals surface area contributed by atoms with Crippen LogP contribution in [0.15, 0.2) is 39.3 Å². The molecule has 0 amide bonds. The molecule has 0 bridgehead atoms. The molecule has 0 aliphatic rings. The van der Waals surface area contributed by atoms with Gasteiger partial charge in [0.25, 0.3) is 0 Å². The standard InChI is InChI=1S/C18H13Br2Cl2NO/c1-2-5-24-18-15(19)7-11(8-16(18)20)6-12(10-23)14-4-3-13(21)9-17(14)22/h3-4,6-9H,2,5H2,1H3/b12-6+. The average Bonchev–Trinajstić information content (AvgIpc) is 2.52. The lowest BCUT2D eigenvalue weighted by Gasteiger charge is -2.11. The van der Waals surface area contributed by atoms with Crippen LogP contribution in [0.3, 0.4) is 0 Å². The topological polar surface area (TPSA) is 33.0 Å². The summed E-state index contributed by atoms with van der Waals surface area (Å²) < 4.78 is 7.34. The molecular formula is C18H13Br2Cl2NO.